The lowest BCUT2D eigenvalue weighted by molar-refractivity contribution is -0.133. The Bertz CT molecular complexity index is 952. The largest absolute Gasteiger partial charge is 0.391 e. The molecular formula is C21H25ClN2O4S. The van der Waals surface area contributed by atoms with Gasteiger partial charge in [0.2, 0.25) is 5.91 Å². The molecule has 1 saturated carbocycles. The summed E-state index contributed by atoms with van der Waals surface area (Å²) in [6, 6.07) is 14.1. The van der Waals surface area contributed by atoms with Gasteiger partial charge < -0.3 is 10.0 Å². The standard InChI is InChI=1S/C21H25ClN2O4S/c1-23(19-12-5-6-13-20(19)25)21(26)15-24(17-9-7-8-16(22)14-17)29(27,28)18-10-3-2-4-11-18/h2-4,7-11,14,19-20,25H,5-6,12-13,15H2,1H3. The number of nitrogens with zero attached hydrogens (tertiary/aromatic N) is 2. The predicted molar refractivity (Wildman–Crippen MR) is 113 cm³/mol. The summed E-state index contributed by atoms with van der Waals surface area (Å²) in [7, 11) is -2.36. The van der Waals surface area contributed by atoms with Crippen LogP contribution in [0.1, 0.15) is 25.7 Å². The molecule has 6 nitrogen and oxygen atoms in total. The number of aliphatic hydroxyl groups is 1. The number of likely N-dealkylation sites (N-methyl/N-ethyl adjacent to an activating group) is 1. The maximum atomic E-state index is 13.3. The van der Waals surface area contributed by atoms with Gasteiger partial charge in [0.25, 0.3) is 10.0 Å². The molecule has 0 radical (unpaired) electrons. The van der Waals surface area contributed by atoms with Crippen molar-refractivity contribution in [3.63, 3.8) is 0 Å². The molecule has 0 aromatic heterocycles. The van der Waals surface area contributed by atoms with Crippen molar-refractivity contribution in [2.75, 3.05) is 17.9 Å². The molecule has 0 bridgehead atoms. The molecule has 0 aliphatic heterocycles. The maximum Gasteiger partial charge on any atom is 0.264 e. The van der Waals surface area contributed by atoms with E-state index in [1.807, 2.05) is 0 Å². The van der Waals surface area contributed by atoms with Gasteiger partial charge in [-0.15, -0.1) is 0 Å². The fourth-order valence-corrected chi connectivity index (χ4v) is 5.24. The molecule has 3 rings (SSSR count). The summed E-state index contributed by atoms with van der Waals surface area (Å²) in [5, 5.41) is 10.6. The first-order chi connectivity index (χ1) is 13.8. The molecule has 1 fully saturated rings. The Balaban J connectivity index is 1.92. The minimum Gasteiger partial charge on any atom is -0.391 e. The molecule has 1 amide bonds. The van der Waals surface area contributed by atoms with E-state index in [2.05, 4.69) is 0 Å². The molecule has 2 aromatic carbocycles. The van der Waals surface area contributed by atoms with Gasteiger partial charge >= 0.3 is 0 Å². The number of amides is 1. The highest BCUT2D eigenvalue weighted by Gasteiger charge is 2.33. The van der Waals surface area contributed by atoms with Crippen LogP contribution < -0.4 is 4.31 Å². The van der Waals surface area contributed by atoms with Crippen LogP contribution in [0.5, 0.6) is 0 Å². The van der Waals surface area contributed by atoms with Crippen LogP contribution in [0.25, 0.3) is 0 Å². The van der Waals surface area contributed by atoms with E-state index in [-0.39, 0.29) is 23.4 Å². The van der Waals surface area contributed by atoms with Crippen molar-refractivity contribution in [2.45, 2.75) is 42.7 Å². The Labute approximate surface area is 176 Å². The molecule has 0 spiro atoms. The SMILES string of the molecule is CN(C(=O)CN(c1cccc(Cl)c1)S(=O)(=O)c1ccccc1)C1CCCCC1O. The average molecular weight is 437 g/mol. The molecule has 1 aliphatic rings. The number of carbonyl (C=O) groups is 1. The average Bonchev–Trinajstić information content (AvgIpc) is 2.72. The summed E-state index contributed by atoms with van der Waals surface area (Å²) in [6.45, 7) is -0.378. The first-order valence-corrected chi connectivity index (χ1v) is 11.4. The van der Waals surface area contributed by atoms with Crippen LogP contribution in [0.15, 0.2) is 59.5 Å². The number of hydrogen-bond acceptors (Lipinski definition) is 4. The third kappa shape index (κ3) is 4.91. The van der Waals surface area contributed by atoms with Gasteiger partial charge in [-0.25, -0.2) is 8.42 Å². The molecule has 0 heterocycles. The third-order valence-corrected chi connectivity index (χ3v) is 7.31. The molecule has 29 heavy (non-hydrogen) atoms. The van der Waals surface area contributed by atoms with Crippen LogP contribution in [-0.4, -0.2) is 50.1 Å². The van der Waals surface area contributed by atoms with E-state index < -0.39 is 16.1 Å². The molecular weight excluding hydrogens is 412 g/mol. The number of rotatable bonds is 6. The van der Waals surface area contributed by atoms with Crippen molar-refractivity contribution in [2.24, 2.45) is 0 Å². The Kier molecular flexibility index (Phi) is 6.82. The number of sulfonamides is 1. The first kappa shape index (κ1) is 21.6. The molecule has 1 aliphatic carbocycles. The van der Waals surface area contributed by atoms with E-state index >= 15 is 0 Å². The maximum absolute atomic E-state index is 13.3. The van der Waals surface area contributed by atoms with E-state index in [1.54, 1.807) is 43.4 Å². The molecule has 156 valence electrons. The van der Waals surface area contributed by atoms with Crippen LogP contribution >= 0.6 is 11.6 Å². The Hall–Kier alpha value is -2.09. The van der Waals surface area contributed by atoms with E-state index in [0.29, 0.717) is 23.6 Å². The summed E-state index contributed by atoms with van der Waals surface area (Å²) >= 11 is 6.08. The summed E-state index contributed by atoms with van der Waals surface area (Å²) in [5.74, 6) is -0.379. The zero-order valence-corrected chi connectivity index (χ0v) is 17.8. The zero-order valence-electron chi connectivity index (χ0n) is 16.2. The smallest absolute Gasteiger partial charge is 0.264 e. The van der Waals surface area contributed by atoms with Gasteiger partial charge in [-0.3, -0.25) is 9.10 Å². The molecule has 2 unspecified atom stereocenters. The molecule has 2 aromatic rings. The van der Waals surface area contributed by atoms with Gasteiger partial charge in [0, 0.05) is 12.1 Å². The Morgan fingerprint density at radius 2 is 1.79 bits per heavy atom. The van der Waals surface area contributed by atoms with Crippen molar-refractivity contribution < 1.29 is 18.3 Å². The zero-order chi connectivity index (χ0) is 21.0. The summed E-state index contributed by atoms with van der Waals surface area (Å²) in [6.07, 6.45) is 2.61. The Morgan fingerprint density at radius 3 is 2.45 bits per heavy atom. The number of benzene rings is 2. The number of anilines is 1. The lowest BCUT2D eigenvalue weighted by Crippen LogP contribution is -2.50. The highest BCUT2D eigenvalue weighted by Crippen LogP contribution is 2.27. The van der Waals surface area contributed by atoms with Crippen molar-refractivity contribution in [1.29, 1.82) is 0 Å². The normalized spacial score (nSPS) is 19.6. The van der Waals surface area contributed by atoms with Gasteiger partial charge in [0.15, 0.2) is 0 Å². The number of hydrogen-bond donors (Lipinski definition) is 1. The minimum atomic E-state index is -3.98. The fourth-order valence-electron chi connectivity index (χ4n) is 3.63. The third-order valence-electron chi connectivity index (χ3n) is 5.29. The summed E-state index contributed by atoms with van der Waals surface area (Å²) in [4.78, 5) is 14.6. The van der Waals surface area contributed by atoms with E-state index in [9.17, 15) is 18.3 Å². The monoisotopic (exact) mass is 436 g/mol. The first-order valence-electron chi connectivity index (χ1n) is 9.58. The van der Waals surface area contributed by atoms with Crippen molar-refractivity contribution in [3.8, 4) is 0 Å². The van der Waals surface area contributed by atoms with Gasteiger partial charge in [0.1, 0.15) is 6.54 Å². The second-order valence-corrected chi connectivity index (χ2v) is 9.53. The lowest BCUT2D eigenvalue weighted by atomic mass is 9.91. The molecule has 0 saturated heterocycles. The van der Waals surface area contributed by atoms with Crippen LogP contribution in [0.3, 0.4) is 0 Å². The fraction of sp³-hybridized carbons (Fsp3) is 0.381. The van der Waals surface area contributed by atoms with Crippen molar-refractivity contribution >= 4 is 33.2 Å². The number of aliphatic hydroxyl groups excluding tert-OH is 1. The van der Waals surface area contributed by atoms with Crippen LogP contribution in [-0.2, 0) is 14.8 Å². The number of halogens is 1. The quantitative estimate of drug-likeness (QED) is 0.753. The van der Waals surface area contributed by atoms with Crippen molar-refractivity contribution in [1.82, 2.24) is 4.90 Å². The van der Waals surface area contributed by atoms with Gasteiger partial charge in [-0.1, -0.05) is 48.7 Å². The highest BCUT2D eigenvalue weighted by molar-refractivity contribution is 7.92. The highest BCUT2D eigenvalue weighted by atomic mass is 35.5. The van der Waals surface area contributed by atoms with E-state index in [0.717, 1.165) is 17.1 Å². The predicted octanol–water partition coefficient (Wildman–Crippen LogP) is 3.30. The molecule has 2 atom stereocenters. The molecule has 8 heteroatoms. The second kappa shape index (κ2) is 9.15. The molecule has 1 N–H and O–H groups in total. The minimum absolute atomic E-state index is 0.0909. The van der Waals surface area contributed by atoms with Gasteiger partial charge in [-0.2, -0.15) is 0 Å². The van der Waals surface area contributed by atoms with Gasteiger partial charge in [-0.05, 0) is 43.2 Å². The van der Waals surface area contributed by atoms with E-state index in [4.69, 9.17) is 11.6 Å². The van der Waals surface area contributed by atoms with Gasteiger partial charge in [0.05, 0.1) is 22.7 Å². The number of carbonyl (C=O) groups excluding carboxylic acids is 1. The van der Waals surface area contributed by atoms with E-state index in [1.165, 1.54) is 23.1 Å². The summed E-state index contributed by atoms with van der Waals surface area (Å²) < 4.78 is 27.7. The lowest BCUT2D eigenvalue weighted by Gasteiger charge is -2.36. The van der Waals surface area contributed by atoms with Crippen molar-refractivity contribution in [3.05, 3.63) is 59.6 Å². The summed E-state index contributed by atoms with van der Waals surface area (Å²) in [5.41, 5.74) is 0.312. The topological polar surface area (TPSA) is 77.9 Å². The van der Waals surface area contributed by atoms with Crippen LogP contribution in [0.4, 0.5) is 5.69 Å². The van der Waals surface area contributed by atoms with Crippen LogP contribution in [0, 0.1) is 0 Å². The van der Waals surface area contributed by atoms with Crippen LogP contribution in [0.2, 0.25) is 5.02 Å². The Morgan fingerprint density at radius 1 is 1.10 bits per heavy atom. The second-order valence-electron chi connectivity index (χ2n) is 7.23.